The maximum atomic E-state index is 9.69. The van der Waals surface area contributed by atoms with Gasteiger partial charge in [-0.15, -0.1) is 0 Å². The van der Waals surface area contributed by atoms with E-state index in [1.807, 2.05) is 72.8 Å². The first kappa shape index (κ1) is 36.5. The first-order valence-corrected chi connectivity index (χ1v) is 21.6. The maximum Gasteiger partial charge on any atom is 0.238 e. The lowest BCUT2D eigenvalue weighted by Gasteiger charge is -2.14. The van der Waals surface area contributed by atoms with Crippen molar-refractivity contribution in [2.75, 3.05) is 0 Å². The van der Waals surface area contributed by atoms with Crippen LogP contribution in [0, 0.1) is 11.3 Å². The highest BCUT2D eigenvalue weighted by Gasteiger charge is 2.25. The van der Waals surface area contributed by atoms with Crippen molar-refractivity contribution >= 4 is 65.6 Å². The molecule has 0 unspecified atom stereocenters. The SMILES string of the molecule is N#Cc1ccc(-c2cc(-n3c4ccccc4c4ccc5c6ccccc6n(-c6nc(-c7ccccc7)nc(-c7cccc(-c8ccccc8)c7)n6)c5c43)cc3c2oc2ccccc23)cc1. The summed E-state index contributed by atoms with van der Waals surface area (Å²) < 4.78 is 11.3. The molecular weight excluding hydrogens is 797 g/mol. The van der Waals surface area contributed by atoms with E-state index in [4.69, 9.17) is 19.4 Å². The molecule has 7 nitrogen and oxygen atoms in total. The van der Waals surface area contributed by atoms with Gasteiger partial charge in [-0.25, -0.2) is 4.98 Å². The van der Waals surface area contributed by atoms with Gasteiger partial charge in [0.25, 0.3) is 0 Å². The molecule has 4 heterocycles. The third-order valence-electron chi connectivity index (χ3n) is 12.6. The predicted octanol–water partition coefficient (Wildman–Crippen LogP) is 14.5. The number of para-hydroxylation sites is 3. The Morgan fingerprint density at radius 3 is 1.68 bits per heavy atom. The Labute approximate surface area is 372 Å². The monoisotopic (exact) mass is 830 g/mol. The first-order chi connectivity index (χ1) is 32.2. The number of nitriles is 1. The molecular formula is C58H34N6O. The van der Waals surface area contributed by atoms with Crippen molar-refractivity contribution in [3.05, 3.63) is 212 Å². The second-order valence-electron chi connectivity index (χ2n) is 16.3. The molecule has 13 aromatic rings. The van der Waals surface area contributed by atoms with Gasteiger partial charge in [-0.05, 0) is 65.2 Å². The van der Waals surface area contributed by atoms with Gasteiger partial charge < -0.3 is 8.98 Å². The lowest BCUT2D eigenvalue weighted by Crippen LogP contribution is -2.07. The van der Waals surface area contributed by atoms with Crippen molar-refractivity contribution < 1.29 is 4.42 Å². The van der Waals surface area contributed by atoms with Gasteiger partial charge in [0.15, 0.2) is 11.6 Å². The Morgan fingerprint density at radius 2 is 0.969 bits per heavy atom. The number of fused-ring (bicyclic) bond motifs is 10. The van der Waals surface area contributed by atoms with Gasteiger partial charge in [0.05, 0.1) is 33.7 Å². The zero-order valence-corrected chi connectivity index (χ0v) is 34.7. The van der Waals surface area contributed by atoms with Crippen molar-refractivity contribution in [1.29, 1.82) is 5.26 Å². The van der Waals surface area contributed by atoms with E-state index in [1.54, 1.807) is 0 Å². The number of benzene rings is 9. The molecule has 0 saturated heterocycles. The third-order valence-corrected chi connectivity index (χ3v) is 12.6. The van der Waals surface area contributed by atoms with E-state index >= 15 is 0 Å². The first-order valence-electron chi connectivity index (χ1n) is 21.6. The van der Waals surface area contributed by atoms with Crippen molar-refractivity contribution in [1.82, 2.24) is 24.1 Å². The second kappa shape index (κ2) is 14.5. The van der Waals surface area contributed by atoms with Gasteiger partial charge in [-0.3, -0.25) is 4.57 Å². The van der Waals surface area contributed by atoms with Crippen LogP contribution in [0.2, 0.25) is 0 Å². The van der Waals surface area contributed by atoms with Crippen molar-refractivity contribution in [3.63, 3.8) is 0 Å². The van der Waals surface area contributed by atoms with Gasteiger partial charge >= 0.3 is 0 Å². The molecule has 0 N–H and O–H groups in total. The lowest BCUT2D eigenvalue weighted by atomic mass is 10.00. The molecule has 7 heteroatoms. The molecule has 0 bridgehead atoms. The molecule has 9 aromatic carbocycles. The molecule has 0 radical (unpaired) electrons. The molecule has 0 atom stereocenters. The normalized spacial score (nSPS) is 11.7. The van der Waals surface area contributed by atoms with Gasteiger partial charge in [0.1, 0.15) is 11.2 Å². The molecule has 65 heavy (non-hydrogen) atoms. The van der Waals surface area contributed by atoms with Crippen LogP contribution in [0.4, 0.5) is 0 Å². The van der Waals surface area contributed by atoms with E-state index in [9.17, 15) is 5.26 Å². The Balaban J connectivity index is 1.15. The standard InChI is InChI=1S/C58H34N6O/c59-35-36-26-28-38(29-27-36)48-33-42(34-49-45-22-9-12-25-52(45)65-55(48)49)63-50-23-10-7-20-43(50)46-30-31-47-44-21-8-11-24-51(44)64(54(47)53(46)63)58-61-56(39-16-5-2-6-17-39)60-57(62-58)41-19-13-18-40(32-41)37-14-3-1-4-15-37/h1-34H. The second-order valence-corrected chi connectivity index (χ2v) is 16.3. The van der Waals surface area contributed by atoms with Crippen LogP contribution in [0.5, 0.6) is 0 Å². The lowest BCUT2D eigenvalue weighted by molar-refractivity contribution is 0.670. The Kier molecular flexibility index (Phi) is 8.14. The minimum absolute atomic E-state index is 0.518. The molecule has 0 fully saturated rings. The Hall–Kier alpha value is -9.12. The smallest absolute Gasteiger partial charge is 0.238 e. The van der Waals surface area contributed by atoms with Crippen LogP contribution in [0.3, 0.4) is 0 Å². The van der Waals surface area contributed by atoms with Crippen LogP contribution < -0.4 is 0 Å². The predicted molar refractivity (Wildman–Crippen MR) is 262 cm³/mol. The summed E-state index contributed by atoms with van der Waals surface area (Å²) in [6.45, 7) is 0. The summed E-state index contributed by atoms with van der Waals surface area (Å²) in [6, 6.07) is 73.2. The topological polar surface area (TPSA) is 85.5 Å². The van der Waals surface area contributed by atoms with Crippen molar-refractivity contribution in [3.8, 4) is 62.7 Å². The summed E-state index contributed by atoms with van der Waals surface area (Å²) in [7, 11) is 0. The summed E-state index contributed by atoms with van der Waals surface area (Å²) in [5.74, 6) is 1.68. The van der Waals surface area contributed by atoms with Crippen molar-refractivity contribution in [2.45, 2.75) is 0 Å². The molecule has 0 saturated carbocycles. The number of rotatable bonds is 6. The molecule has 0 aliphatic heterocycles. The fourth-order valence-electron chi connectivity index (χ4n) is 9.63. The van der Waals surface area contributed by atoms with E-state index in [-0.39, 0.29) is 0 Å². The van der Waals surface area contributed by atoms with Crippen molar-refractivity contribution in [2.24, 2.45) is 0 Å². The number of hydrogen-bond acceptors (Lipinski definition) is 5. The summed E-state index contributed by atoms with van der Waals surface area (Å²) in [4.78, 5) is 15.9. The molecule has 0 amide bonds. The van der Waals surface area contributed by atoms with Crippen LogP contribution >= 0.6 is 0 Å². The zero-order chi connectivity index (χ0) is 43.0. The highest BCUT2D eigenvalue weighted by Crippen LogP contribution is 2.44. The number of nitrogens with zero attached hydrogens (tertiary/aromatic N) is 6. The van der Waals surface area contributed by atoms with Gasteiger partial charge in [-0.2, -0.15) is 15.2 Å². The molecule has 0 aliphatic carbocycles. The van der Waals surface area contributed by atoms with Gasteiger partial charge in [0, 0.05) is 54.7 Å². The minimum Gasteiger partial charge on any atom is -0.455 e. The molecule has 0 spiro atoms. The average molecular weight is 831 g/mol. The summed E-state index contributed by atoms with van der Waals surface area (Å²) in [5.41, 5.74) is 13.1. The maximum absolute atomic E-state index is 9.69. The average Bonchev–Trinajstić information content (AvgIpc) is 4.04. The van der Waals surface area contributed by atoms with E-state index < -0.39 is 0 Å². The van der Waals surface area contributed by atoms with Crippen LogP contribution in [0.1, 0.15) is 5.56 Å². The molecule has 13 rings (SSSR count). The van der Waals surface area contributed by atoms with Gasteiger partial charge in [-0.1, -0.05) is 158 Å². The van der Waals surface area contributed by atoms with E-state index in [0.717, 1.165) is 105 Å². The van der Waals surface area contributed by atoms with Crippen LogP contribution in [0.25, 0.3) is 122 Å². The van der Waals surface area contributed by atoms with Crippen LogP contribution in [-0.2, 0) is 0 Å². The Morgan fingerprint density at radius 1 is 0.400 bits per heavy atom. The highest BCUT2D eigenvalue weighted by atomic mass is 16.3. The zero-order valence-electron chi connectivity index (χ0n) is 34.7. The minimum atomic E-state index is 0.518. The van der Waals surface area contributed by atoms with Crippen LogP contribution in [0.15, 0.2) is 211 Å². The van der Waals surface area contributed by atoms with E-state index in [2.05, 4.69) is 149 Å². The third kappa shape index (κ3) is 5.78. The fourth-order valence-corrected chi connectivity index (χ4v) is 9.63. The summed E-state index contributed by atoms with van der Waals surface area (Å²) in [5, 5.41) is 16.1. The van der Waals surface area contributed by atoms with E-state index in [0.29, 0.717) is 23.2 Å². The van der Waals surface area contributed by atoms with Crippen LogP contribution in [-0.4, -0.2) is 24.1 Å². The quantitative estimate of drug-likeness (QED) is 0.167. The summed E-state index contributed by atoms with van der Waals surface area (Å²) >= 11 is 0. The molecule has 4 aromatic heterocycles. The van der Waals surface area contributed by atoms with Gasteiger partial charge in [0.2, 0.25) is 5.95 Å². The molecule has 0 aliphatic rings. The van der Waals surface area contributed by atoms with E-state index in [1.165, 1.54) is 0 Å². The summed E-state index contributed by atoms with van der Waals surface area (Å²) in [6.07, 6.45) is 0. The number of aromatic nitrogens is 5. The highest BCUT2D eigenvalue weighted by molar-refractivity contribution is 6.24. The number of hydrogen-bond donors (Lipinski definition) is 0. The number of furan rings is 1. The fraction of sp³-hybridized carbons (Fsp3) is 0. The molecule has 302 valence electrons. The largest absolute Gasteiger partial charge is 0.455 e. The Bertz CT molecular complexity index is 4060.